The predicted molar refractivity (Wildman–Crippen MR) is 103 cm³/mol. The van der Waals surface area contributed by atoms with E-state index in [9.17, 15) is 9.59 Å². The molecule has 2 rings (SSSR count). The molecule has 0 unspecified atom stereocenters. The molecule has 1 amide bonds. The summed E-state index contributed by atoms with van der Waals surface area (Å²) in [7, 11) is 1.48. The lowest BCUT2D eigenvalue weighted by molar-refractivity contribution is -0.124. The molecule has 0 spiro atoms. The van der Waals surface area contributed by atoms with Gasteiger partial charge in [0.2, 0.25) is 0 Å². The summed E-state index contributed by atoms with van der Waals surface area (Å²) >= 11 is 7.46. The number of carbonyl (C=O) groups is 2. The number of benzene rings is 2. The van der Waals surface area contributed by atoms with Crippen LogP contribution >= 0.6 is 23.4 Å². The van der Waals surface area contributed by atoms with Gasteiger partial charge in [-0.3, -0.25) is 4.79 Å². The van der Waals surface area contributed by atoms with E-state index in [4.69, 9.17) is 21.1 Å². The number of hydrogen-bond donors (Lipinski definition) is 1. The Morgan fingerprint density at radius 3 is 2.69 bits per heavy atom. The molecule has 0 atom stereocenters. The normalized spacial score (nSPS) is 10.3. The summed E-state index contributed by atoms with van der Waals surface area (Å²) in [5, 5.41) is 3.37. The first-order valence-corrected chi connectivity index (χ1v) is 9.54. The van der Waals surface area contributed by atoms with Crippen molar-refractivity contribution in [2.24, 2.45) is 0 Å². The van der Waals surface area contributed by atoms with Crippen molar-refractivity contribution in [3.8, 4) is 5.75 Å². The standard InChI is InChI=1S/C19H20ClNO4S/c1-24-17-11-15(26-2)6-7-16(17)19(23)25-12-18(22)21-9-8-13-4-3-5-14(20)10-13/h3-7,10-11H,8-9,12H2,1-2H3,(H,21,22). The minimum atomic E-state index is -0.598. The number of rotatable bonds is 8. The van der Waals surface area contributed by atoms with Crippen LogP contribution in [0.3, 0.4) is 0 Å². The summed E-state index contributed by atoms with van der Waals surface area (Å²) in [5.74, 6) is -0.539. The Morgan fingerprint density at radius 2 is 2.00 bits per heavy atom. The molecule has 2 aromatic rings. The number of methoxy groups -OCH3 is 1. The van der Waals surface area contributed by atoms with E-state index in [1.807, 2.05) is 24.5 Å². The summed E-state index contributed by atoms with van der Waals surface area (Å²) in [5.41, 5.74) is 1.31. The van der Waals surface area contributed by atoms with Crippen LogP contribution in [0.5, 0.6) is 5.75 Å². The van der Waals surface area contributed by atoms with Gasteiger partial charge in [0.05, 0.1) is 7.11 Å². The Labute approximate surface area is 162 Å². The molecule has 0 radical (unpaired) electrons. The Bertz CT molecular complexity index is 782. The highest BCUT2D eigenvalue weighted by Crippen LogP contribution is 2.25. The lowest BCUT2D eigenvalue weighted by Crippen LogP contribution is -2.30. The molecule has 138 valence electrons. The second-order valence-corrected chi connectivity index (χ2v) is 6.69. The second kappa shape index (κ2) is 10.1. The topological polar surface area (TPSA) is 64.6 Å². The van der Waals surface area contributed by atoms with Gasteiger partial charge in [-0.25, -0.2) is 4.79 Å². The number of hydrogen-bond acceptors (Lipinski definition) is 5. The Balaban J connectivity index is 1.80. The van der Waals surface area contributed by atoms with Crippen LogP contribution in [-0.4, -0.2) is 38.4 Å². The Morgan fingerprint density at radius 1 is 1.19 bits per heavy atom. The summed E-state index contributed by atoms with van der Waals surface area (Å²) in [6.45, 7) is 0.0876. The van der Waals surface area contributed by atoms with Crippen molar-refractivity contribution < 1.29 is 19.1 Å². The molecule has 26 heavy (non-hydrogen) atoms. The molecule has 0 saturated carbocycles. The van der Waals surface area contributed by atoms with Crippen molar-refractivity contribution in [2.75, 3.05) is 26.5 Å². The van der Waals surface area contributed by atoms with E-state index in [-0.39, 0.29) is 18.1 Å². The lowest BCUT2D eigenvalue weighted by Gasteiger charge is -2.10. The monoisotopic (exact) mass is 393 g/mol. The van der Waals surface area contributed by atoms with Crippen LogP contribution in [0, 0.1) is 0 Å². The fourth-order valence-corrected chi connectivity index (χ4v) is 2.91. The predicted octanol–water partition coefficient (Wildman–Crippen LogP) is 3.59. The third kappa shape index (κ3) is 5.97. The van der Waals surface area contributed by atoms with Crippen molar-refractivity contribution in [3.05, 3.63) is 58.6 Å². The molecule has 5 nitrogen and oxygen atoms in total. The quantitative estimate of drug-likeness (QED) is 0.548. The van der Waals surface area contributed by atoms with E-state index in [0.29, 0.717) is 23.7 Å². The number of carbonyl (C=O) groups excluding carboxylic acids is 2. The van der Waals surface area contributed by atoms with Gasteiger partial charge in [0.1, 0.15) is 11.3 Å². The fourth-order valence-electron chi connectivity index (χ4n) is 2.27. The summed E-state index contributed by atoms with van der Waals surface area (Å²) in [4.78, 5) is 25.0. The number of ether oxygens (including phenoxy) is 2. The molecular formula is C19H20ClNO4S. The average molecular weight is 394 g/mol. The van der Waals surface area contributed by atoms with Crippen molar-refractivity contribution >= 4 is 35.2 Å². The third-order valence-corrected chi connectivity index (χ3v) is 4.55. The van der Waals surface area contributed by atoms with E-state index < -0.39 is 5.97 Å². The maximum absolute atomic E-state index is 12.2. The molecule has 1 N–H and O–H groups in total. The van der Waals surface area contributed by atoms with E-state index in [2.05, 4.69) is 5.32 Å². The van der Waals surface area contributed by atoms with Gasteiger partial charge in [-0.05, 0) is 48.6 Å². The molecule has 0 fully saturated rings. The zero-order chi connectivity index (χ0) is 18.9. The third-order valence-electron chi connectivity index (χ3n) is 3.59. The van der Waals surface area contributed by atoms with Crippen LogP contribution in [0.4, 0.5) is 0 Å². The van der Waals surface area contributed by atoms with Gasteiger partial charge in [-0.15, -0.1) is 11.8 Å². The van der Waals surface area contributed by atoms with Gasteiger partial charge >= 0.3 is 5.97 Å². The number of thioether (sulfide) groups is 1. The van der Waals surface area contributed by atoms with Crippen molar-refractivity contribution in [1.29, 1.82) is 0 Å². The molecule has 2 aromatic carbocycles. The molecule has 7 heteroatoms. The number of halogens is 1. The Kier molecular flexibility index (Phi) is 7.81. The van der Waals surface area contributed by atoms with E-state index >= 15 is 0 Å². The lowest BCUT2D eigenvalue weighted by atomic mass is 10.1. The Hall–Kier alpha value is -2.18. The van der Waals surface area contributed by atoms with E-state index in [0.717, 1.165) is 10.5 Å². The highest BCUT2D eigenvalue weighted by Gasteiger charge is 2.15. The maximum atomic E-state index is 12.2. The molecule has 0 aliphatic carbocycles. The minimum Gasteiger partial charge on any atom is -0.496 e. The first-order chi connectivity index (χ1) is 12.5. The smallest absolute Gasteiger partial charge is 0.342 e. The van der Waals surface area contributed by atoms with Crippen LogP contribution in [0.15, 0.2) is 47.4 Å². The SMILES string of the molecule is COc1cc(SC)ccc1C(=O)OCC(=O)NCCc1cccc(Cl)c1. The number of nitrogens with one attached hydrogen (secondary N) is 1. The van der Waals surface area contributed by atoms with Gasteiger partial charge in [0.15, 0.2) is 6.61 Å². The zero-order valence-corrected chi connectivity index (χ0v) is 16.2. The minimum absolute atomic E-state index is 0.289. The maximum Gasteiger partial charge on any atom is 0.342 e. The van der Waals surface area contributed by atoms with Crippen molar-refractivity contribution in [1.82, 2.24) is 5.32 Å². The summed E-state index contributed by atoms with van der Waals surface area (Å²) < 4.78 is 10.3. The van der Waals surface area contributed by atoms with E-state index in [1.54, 1.807) is 36.0 Å². The molecule has 0 heterocycles. The van der Waals surface area contributed by atoms with Crippen molar-refractivity contribution in [2.45, 2.75) is 11.3 Å². The van der Waals surface area contributed by atoms with Crippen LogP contribution in [0.25, 0.3) is 0 Å². The summed E-state index contributed by atoms with van der Waals surface area (Å²) in [6.07, 6.45) is 2.57. The molecule has 0 aliphatic rings. The van der Waals surface area contributed by atoms with Gasteiger partial charge in [0, 0.05) is 16.5 Å². The largest absolute Gasteiger partial charge is 0.496 e. The molecule has 0 saturated heterocycles. The molecular weight excluding hydrogens is 374 g/mol. The molecule has 0 aromatic heterocycles. The molecule has 0 bridgehead atoms. The number of esters is 1. The van der Waals surface area contributed by atoms with Crippen LogP contribution in [0.2, 0.25) is 5.02 Å². The second-order valence-electron chi connectivity index (χ2n) is 5.37. The summed E-state index contributed by atoms with van der Waals surface area (Å²) in [6, 6.07) is 12.6. The van der Waals surface area contributed by atoms with Crippen LogP contribution in [-0.2, 0) is 16.0 Å². The highest BCUT2D eigenvalue weighted by molar-refractivity contribution is 7.98. The first kappa shape index (κ1) is 20.1. The van der Waals surface area contributed by atoms with E-state index in [1.165, 1.54) is 7.11 Å². The first-order valence-electron chi connectivity index (χ1n) is 7.93. The number of amides is 1. The van der Waals surface area contributed by atoms with Crippen molar-refractivity contribution in [3.63, 3.8) is 0 Å². The van der Waals surface area contributed by atoms with Gasteiger partial charge in [-0.1, -0.05) is 23.7 Å². The molecule has 0 aliphatic heterocycles. The van der Waals surface area contributed by atoms with Crippen LogP contribution < -0.4 is 10.1 Å². The van der Waals surface area contributed by atoms with Gasteiger partial charge in [-0.2, -0.15) is 0 Å². The van der Waals surface area contributed by atoms with Gasteiger partial charge in [0.25, 0.3) is 5.91 Å². The zero-order valence-electron chi connectivity index (χ0n) is 14.6. The highest BCUT2D eigenvalue weighted by atomic mass is 35.5. The fraction of sp³-hybridized carbons (Fsp3) is 0.263. The van der Waals surface area contributed by atoms with Gasteiger partial charge < -0.3 is 14.8 Å². The van der Waals surface area contributed by atoms with Crippen LogP contribution in [0.1, 0.15) is 15.9 Å². The average Bonchev–Trinajstić information content (AvgIpc) is 2.65.